The van der Waals surface area contributed by atoms with Crippen molar-refractivity contribution in [1.29, 1.82) is 0 Å². The van der Waals surface area contributed by atoms with E-state index >= 15 is 0 Å². The van der Waals surface area contributed by atoms with E-state index in [9.17, 15) is 4.79 Å². The van der Waals surface area contributed by atoms with Gasteiger partial charge in [0.25, 0.3) is 0 Å². The standard InChI is InChI=1S/C16H17NO/c1-16-9-4-6-12-11-5-2-3-7-13(11)17(15(12)16)14(18)8-10-16/h2-3,5,7H,4,6,8-10H2,1H3/t16-/m1/s1. The van der Waals surface area contributed by atoms with Crippen LogP contribution < -0.4 is 0 Å². The zero-order valence-electron chi connectivity index (χ0n) is 10.7. The highest BCUT2D eigenvalue weighted by Gasteiger charge is 2.41. The second kappa shape index (κ2) is 3.25. The average molecular weight is 239 g/mol. The molecule has 0 N–H and O–H groups in total. The molecule has 2 nitrogen and oxygen atoms in total. The van der Waals surface area contributed by atoms with Crippen LogP contribution in [0.2, 0.25) is 0 Å². The van der Waals surface area contributed by atoms with E-state index in [1.54, 1.807) is 0 Å². The predicted molar refractivity (Wildman–Crippen MR) is 72.1 cm³/mol. The molecule has 0 saturated carbocycles. The minimum Gasteiger partial charge on any atom is -0.283 e. The van der Waals surface area contributed by atoms with Gasteiger partial charge in [0, 0.05) is 22.9 Å². The molecule has 1 atom stereocenters. The normalized spacial score (nSPS) is 26.4. The number of benzene rings is 1. The van der Waals surface area contributed by atoms with Crippen molar-refractivity contribution in [2.24, 2.45) is 0 Å². The lowest BCUT2D eigenvalue weighted by Gasteiger charge is -2.38. The van der Waals surface area contributed by atoms with Crippen molar-refractivity contribution in [2.75, 3.05) is 0 Å². The molecule has 2 heteroatoms. The number of nitrogens with zero attached hydrogens (tertiary/aromatic N) is 1. The zero-order valence-corrected chi connectivity index (χ0v) is 10.7. The summed E-state index contributed by atoms with van der Waals surface area (Å²) in [4.78, 5) is 12.3. The Hall–Kier alpha value is -1.57. The number of carbonyl (C=O) groups excluding carboxylic acids is 1. The van der Waals surface area contributed by atoms with Crippen LogP contribution in [0.5, 0.6) is 0 Å². The maximum absolute atomic E-state index is 12.3. The monoisotopic (exact) mass is 239 g/mol. The molecule has 2 aromatic rings. The maximum atomic E-state index is 12.3. The molecule has 1 aromatic heterocycles. The van der Waals surface area contributed by atoms with Crippen molar-refractivity contribution in [2.45, 2.75) is 44.4 Å². The van der Waals surface area contributed by atoms with Crippen LogP contribution in [0.25, 0.3) is 10.9 Å². The molecule has 2 heterocycles. The van der Waals surface area contributed by atoms with Crippen LogP contribution in [0, 0.1) is 0 Å². The van der Waals surface area contributed by atoms with Crippen LogP contribution in [-0.4, -0.2) is 10.5 Å². The summed E-state index contributed by atoms with van der Waals surface area (Å²) >= 11 is 0. The summed E-state index contributed by atoms with van der Waals surface area (Å²) in [6.45, 7) is 2.34. The van der Waals surface area contributed by atoms with Crippen LogP contribution in [0.4, 0.5) is 0 Å². The summed E-state index contributed by atoms with van der Waals surface area (Å²) in [5, 5.41) is 1.30. The summed E-state index contributed by atoms with van der Waals surface area (Å²) in [5.74, 6) is 0.284. The van der Waals surface area contributed by atoms with Crippen LogP contribution in [0.15, 0.2) is 24.3 Å². The maximum Gasteiger partial charge on any atom is 0.231 e. The van der Waals surface area contributed by atoms with Crippen molar-refractivity contribution < 1.29 is 4.79 Å². The third-order valence-corrected chi connectivity index (χ3v) is 4.85. The molecule has 0 unspecified atom stereocenters. The summed E-state index contributed by atoms with van der Waals surface area (Å²) in [6.07, 6.45) is 5.33. The van der Waals surface area contributed by atoms with E-state index in [0.717, 1.165) is 18.4 Å². The molecule has 92 valence electrons. The third-order valence-electron chi connectivity index (χ3n) is 4.85. The molecule has 1 aromatic carbocycles. The van der Waals surface area contributed by atoms with Crippen LogP contribution in [-0.2, 0) is 11.8 Å². The Labute approximate surface area is 107 Å². The average Bonchev–Trinajstić information content (AvgIpc) is 2.73. The lowest BCUT2D eigenvalue weighted by molar-refractivity contribution is 0.0852. The summed E-state index contributed by atoms with van der Waals surface area (Å²) in [7, 11) is 0. The topological polar surface area (TPSA) is 22.0 Å². The van der Waals surface area contributed by atoms with Crippen molar-refractivity contribution in [1.82, 2.24) is 4.57 Å². The molecule has 0 spiro atoms. The van der Waals surface area contributed by atoms with Gasteiger partial charge >= 0.3 is 0 Å². The second-order valence-electron chi connectivity index (χ2n) is 5.99. The lowest BCUT2D eigenvalue weighted by atomic mass is 9.70. The molecule has 2 aliphatic rings. The first-order valence-corrected chi connectivity index (χ1v) is 6.87. The molecule has 0 radical (unpaired) electrons. The highest BCUT2D eigenvalue weighted by atomic mass is 16.2. The smallest absolute Gasteiger partial charge is 0.231 e. The summed E-state index contributed by atoms with van der Waals surface area (Å²) in [6, 6.07) is 8.39. The van der Waals surface area contributed by atoms with Crippen LogP contribution in [0.1, 0.15) is 48.7 Å². The van der Waals surface area contributed by atoms with E-state index < -0.39 is 0 Å². The van der Waals surface area contributed by atoms with Crippen molar-refractivity contribution in [3.63, 3.8) is 0 Å². The number of rotatable bonds is 0. The van der Waals surface area contributed by atoms with E-state index in [4.69, 9.17) is 0 Å². The number of para-hydroxylation sites is 1. The van der Waals surface area contributed by atoms with Gasteiger partial charge in [-0.25, -0.2) is 0 Å². The number of aromatic nitrogens is 1. The van der Waals surface area contributed by atoms with Crippen molar-refractivity contribution in [3.8, 4) is 0 Å². The van der Waals surface area contributed by atoms with Crippen LogP contribution in [0.3, 0.4) is 0 Å². The van der Waals surface area contributed by atoms with E-state index in [1.165, 1.54) is 29.5 Å². The van der Waals surface area contributed by atoms with Gasteiger partial charge in [0.1, 0.15) is 0 Å². The van der Waals surface area contributed by atoms with Gasteiger partial charge in [-0.3, -0.25) is 9.36 Å². The molecular weight excluding hydrogens is 222 g/mol. The van der Waals surface area contributed by atoms with Gasteiger partial charge in [-0.05, 0) is 37.3 Å². The number of carbonyl (C=O) groups is 1. The Morgan fingerprint density at radius 2 is 2.00 bits per heavy atom. The fourth-order valence-corrected chi connectivity index (χ4v) is 3.96. The van der Waals surface area contributed by atoms with Gasteiger partial charge in [-0.15, -0.1) is 0 Å². The Morgan fingerprint density at radius 3 is 2.89 bits per heavy atom. The van der Waals surface area contributed by atoms with Crippen molar-refractivity contribution >= 4 is 16.8 Å². The zero-order chi connectivity index (χ0) is 12.3. The third kappa shape index (κ3) is 1.11. The quantitative estimate of drug-likeness (QED) is 0.687. The van der Waals surface area contributed by atoms with Crippen LogP contribution >= 0.6 is 0 Å². The molecule has 0 fully saturated rings. The van der Waals surface area contributed by atoms with E-state index in [2.05, 4.69) is 25.1 Å². The molecule has 1 aliphatic carbocycles. The van der Waals surface area contributed by atoms with Gasteiger partial charge in [0.15, 0.2) is 0 Å². The Kier molecular flexibility index (Phi) is 1.87. The first kappa shape index (κ1) is 10.4. The highest BCUT2D eigenvalue weighted by molar-refractivity contribution is 5.97. The summed E-state index contributed by atoms with van der Waals surface area (Å²) in [5.41, 5.74) is 4.11. The van der Waals surface area contributed by atoms with Gasteiger partial charge in [-0.1, -0.05) is 25.1 Å². The number of fused-ring (bicyclic) bond motifs is 3. The number of aryl methyl sites for hydroxylation is 1. The molecule has 0 amide bonds. The summed E-state index contributed by atoms with van der Waals surface area (Å²) < 4.78 is 2.02. The molecule has 0 saturated heterocycles. The SMILES string of the molecule is C[C@]12CCCc3c1n(c1ccccc31)C(=O)CC2. The molecule has 18 heavy (non-hydrogen) atoms. The first-order chi connectivity index (χ1) is 8.71. The lowest BCUT2D eigenvalue weighted by Crippen LogP contribution is -2.37. The van der Waals surface area contributed by atoms with Crippen molar-refractivity contribution in [3.05, 3.63) is 35.5 Å². The first-order valence-electron chi connectivity index (χ1n) is 6.87. The van der Waals surface area contributed by atoms with Gasteiger partial charge in [0.2, 0.25) is 5.91 Å². The molecular formula is C16H17NO. The second-order valence-corrected chi connectivity index (χ2v) is 5.99. The fraction of sp³-hybridized carbons (Fsp3) is 0.438. The number of hydrogen-bond acceptors (Lipinski definition) is 1. The largest absolute Gasteiger partial charge is 0.283 e. The van der Waals surface area contributed by atoms with Gasteiger partial charge in [0.05, 0.1) is 5.52 Å². The molecule has 0 bridgehead atoms. The molecule has 4 rings (SSSR count). The predicted octanol–water partition coefficient (Wildman–Crippen LogP) is 3.67. The van der Waals surface area contributed by atoms with E-state index in [0.29, 0.717) is 6.42 Å². The Bertz CT molecular complexity index is 667. The fourth-order valence-electron chi connectivity index (χ4n) is 3.96. The van der Waals surface area contributed by atoms with E-state index in [-0.39, 0.29) is 11.3 Å². The highest BCUT2D eigenvalue weighted by Crippen LogP contribution is 2.47. The Morgan fingerprint density at radius 1 is 1.17 bits per heavy atom. The van der Waals surface area contributed by atoms with E-state index in [1.807, 2.05) is 10.6 Å². The van der Waals surface area contributed by atoms with Gasteiger partial charge < -0.3 is 0 Å². The molecule has 1 aliphatic heterocycles. The minimum absolute atomic E-state index is 0.223. The Balaban J connectivity index is 2.19. The van der Waals surface area contributed by atoms with Gasteiger partial charge in [-0.2, -0.15) is 0 Å². The minimum atomic E-state index is 0.223. The number of hydrogen-bond donors (Lipinski definition) is 0.